The van der Waals surface area contributed by atoms with Gasteiger partial charge in [-0.2, -0.15) is 0 Å². The highest BCUT2D eigenvalue weighted by Gasteiger charge is 2.50. The molecule has 0 aromatic heterocycles. The molecular formula is C16H21NO2. The summed E-state index contributed by atoms with van der Waals surface area (Å²) in [4.78, 5) is 11.4. The van der Waals surface area contributed by atoms with Gasteiger partial charge in [-0.15, -0.1) is 0 Å². The van der Waals surface area contributed by atoms with Crippen molar-refractivity contribution >= 4 is 5.97 Å². The van der Waals surface area contributed by atoms with Gasteiger partial charge in [0, 0.05) is 12.6 Å². The monoisotopic (exact) mass is 259 g/mol. The maximum atomic E-state index is 11.4. The van der Waals surface area contributed by atoms with E-state index >= 15 is 0 Å². The number of aliphatic carboxylic acids is 1. The van der Waals surface area contributed by atoms with Crippen LogP contribution in [0, 0.1) is 24.7 Å². The molecule has 4 unspecified atom stereocenters. The van der Waals surface area contributed by atoms with Crippen molar-refractivity contribution in [3.05, 3.63) is 35.4 Å². The van der Waals surface area contributed by atoms with Gasteiger partial charge < -0.3 is 10.4 Å². The second-order valence-corrected chi connectivity index (χ2v) is 6.03. The van der Waals surface area contributed by atoms with E-state index in [9.17, 15) is 9.90 Å². The zero-order valence-corrected chi connectivity index (χ0v) is 11.3. The van der Waals surface area contributed by atoms with E-state index in [0.717, 1.165) is 19.4 Å². The van der Waals surface area contributed by atoms with Gasteiger partial charge in [-0.05, 0) is 49.1 Å². The lowest BCUT2D eigenvalue weighted by Gasteiger charge is -2.29. The first kappa shape index (κ1) is 12.7. The van der Waals surface area contributed by atoms with Crippen LogP contribution in [0.3, 0.4) is 0 Å². The van der Waals surface area contributed by atoms with Crippen LogP contribution in [0.4, 0.5) is 0 Å². The highest BCUT2D eigenvalue weighted by atomic mass is 16.4. The quantitative estimate of drug-likeness (QED) is 0.873. The van der Waals surface area contributed by atoms with Gasteiger partial charge in [0.1, 0.15) is 0 Å². The molecule has 2 aliphatic rings. The molecular weight excluding hydrogens is 238 g/mol. The number of nitrogens with one attached hydrogen (secondary N) is 1. The van der Waals surface area contributed by atoms with Gasteiger partial charge in [0.05, 0.1) is 5.92 Å². The summed E-state index contributed by atoms with van der Waals surface area (Å²) in [7, 11) is 0. The fourth-order valence-corrected chi connectivity index (χ4v) is 3.98. The molecule has 19 heavy (non-hydrogen) atoms. The summed E-state index contributed by atoms with van der Waals surface area (Å²) in [5.41, 5.74) is 2.54. The second kappa shape index (κ2) is 4.97. The second-order valence-electron chi connectivity index (χ2n) is 6.03. The predicted molar refractivity (Wildman–Crippen MR) is 73.8 cm³/mol. The lowest BCUT2D eigenvalue weighted by atomic mass is 9.84. The van der Waals surface area contributed by atoms with Crippen LogP contribution in [0.15, 0.2) is 24.3 Å². The summed E-state index contributed by atoms with van der Waals surface area (Å²) in [6.07, 6.45) is 3.40. The third-order valence-corrected chi connectivity index (χ3v) is 4.99. The highest BCUT2D eigenvalue weighted by molar-refractivity contribution is 5.72. The molecule has 102 valence electrons. The number of aryl methyl sites for hydroxylation is 1. The number of rotatable bonds is 4. The molecule has 4 atom stereocenters. The number of fused-ring (bicyclic) bond motifs is 2. The van der Waals surface area contributed by atoms with Crippen LogP contribution in [0.2, 0.25) is 0 Å². The normalized spacial score (nSPS) is 32.7. The minimum absolute atomic E-state index is 0.163. The van der Waals surface area contributed by atoms with Crippen LogP contribution in [0.1, 0.15) is 30.4 Å². The highest BCUT2D eigenvalue weighted by Crippen LogP contribution is 2.48. The van der Waals surface area contributed by atoms with E-state index in [4.69, 9.17) is 0 Å². The van der Waals surface area contributed by atoms with Crippen molar-refractivity contribution in [3.8, 4) is 0 Å². The first-order chi connectivity index (χ1) is 9.16. The molecule has 0 spiro atoms. The predicted octanol–water partition coefficient (Wildman–Crippen LogP) is 2.58. The molecule has 0 saturated heterocycles. The van der Waals surface area contributed by atoms with Gasteiger partial charge >= 0.3 is 5.97 Å². The summed E-state index contributed by atoms with van der Waals surface area (Å²) in [5, 5.41) is 12.9. The first-order valence-corrected chi connectivity index (χ1v) is 7.17. The average Bonchev–Trinajstić information content (AvgIpc) is 2.98. The molecule has 0 heterocycles. The maximum Gasteiger partial charge on any atom is 0.308 e. The molecule has 3 nitrogen and oxygen atoms in total. The van der Waals surface area contributed by atoms with Crippen LogP contribution in [-0.2, 0) is 11.3 Å². The van der Waals surface area contributed by atoms with Crippen molar-refractivity contribution in [1.29, 1.82) is 0 Å². The lowest BCUT2D eigenvalue weighted by Crippen LogP contribution is -2.43. The Morgan fingerprint density at radius 2 is 2.05 bits per heavy atom. The minimum Gasteiger partial charge on any atom is -0.481 e. The minimum atomic E-state index is -0.616. The Hall–Kier alpha value is -1.35. The Morgan fingerprint density at radius 3 is 2.79 bits per heavy atom. The molecule has 2 N–H and O–H groups in total. The molecule has 1 aromatic carbocycles. The van der Waals surface area contributed by atoms with E-state index in [-0.39, 0.29) is 12.0 Å². The van der Waals surface area contributed by atoms with Gasteiger partial charge in [-0.25, -0.2) is 0 Å². The zero-order valence-electron chi connectivity index (χ0n) is 11.3. The van der Waals surface area contributed by atoms with Crippen molar-refractivity contribution < 1.29 is 9.90 Å². The van der Waals surface area contributed by atoms with Crippen LogP contribution >= 0.6 is 0 Å². The Kier molecular flexibility index (Phi) is 3.31. The van der Waals surface area contributed by atoms with Crippen molar-refractivity contribution in [2.24, 2.45) is 17.8 Å². The van der Waals surface area contributed by atoms with Crippen LogP contribution in [0.5, 0.6) is 0 Å². The Morgan fingerprint density at radius 1 is 1.32 bits per heavy atom. The molecule has 2 aliphatic carbocycles. The maximum absolute atomic E-state index is 11.4. The molecule has 3 rings (SSSR count). The molecule has 2 fully saturated rings. The SMILES string of the molecule is Cc1ccccc1CNC1C2CCC(C2)C1C(=O)O. The van der Waals surface area contributed by atoms with E-state index < -0.39 is 5.97 Å². The van der Waals surface area contributed by atoms with Crippen molar-refractivity contribution in [1.82, 2.24) is 5.32 Å². The van der Waals surface area contributed by atoms with E-state index in [2.05, 4.69) is 24.4 Å². The fraction of sp³-hybridized carbons (Fsp3) is 0.562. The first-order valence-electron chi connectivity index (χ1n) is 7.17. The van der Waals surface area contributed by atoms with Crippen molar-refractivity contribution in [2.75, 3.05) is 0 Å². The van der Waals surface area contributed by atoms with Gasteiger partial charge in [-0.1, -0.05) is 24.3 Å². The molecule has 2 saturated carbocycles. The van der Waals surface area contributed by atoms with E-state index in [1.54, 1.807) is 0 Å². The zero-order chi connectivity index (χ0) is 13.4. The average molecular weight is 259 g/mol. The molecule has 2 bridgehead atoms. The number of carboxylic acid groups (broad SMARTS) is 1. The largest absolute Gasteiger partial charge is 0.481 e. The van der Waals surface area contributed by atoms with Gasteiger partial charge in [-0.3, -0.25) is 4.79 Å². The number of carboxylic acids is 1. The van der Waals surface area contributed by atoms with E-state index in [1.807, 2.05) is 12.1 Å². The molecule has 3 heteroatoms. The Balaban J connectivity index is 1.69. The lowest BCUT2D eigenvalue weighted by molar-refractivity contribution is -0.144. The van der Waals surface area contributed by atoms with E-state index in [1.165, 1.54) is 17.5 Å². The summed E-state index contributed by atoms with van der Waals surface area (Å²) in [6.45, 7) is 2.89. The van der Waals surface area contributed by atoms with Gasteiger partial charge in [0.15, 0.2) is 0 Å². The summed E-state index contributed by atoms with van der Waals surface area (Å²) in [6, 6.07) is 8.46. The van der Waals surface area contributed by atoms with Crippen LogP contribution in [-0.4, -0.2) is 17.1 Å². The molecule has 0 aliphatic heterocycles. The number of hydrogen-bond acceptors (Lipinski definition) is 2. The van der Waals surface area contributed by atoms with Crippen LogP contribution in [0.25, 0.3) is 0 Å². The smallest absolute Gasteiger partial charge is 0.308 e. The standard InChI is InChI=1S/C16H21NO2/c1-10-4-2-3-5-13(10)9-17-15-12-7-6-11(8-12)14(15)16(18)19/h2-5,11-12,14-15,17H,6-9H2,1H3,(H,18,19). The molecule has 0 amide bonds. The summed E-state index contributed by atoms with van der Waals surface area (Å²) in [5.74, 6) is 0.171. The number of hydrogen-bond donors (Lipinski definition) is 2. The molecule has 1 aromatic rings. The van der Waals surface area contributed by atoms with Crippen molar-refractivity contribution in [2.45, 2.75) is 38.8 Å². The third-order valence-electron chi connectivity index (χ3n) is 4.99. The number of carbonyl (C=O) groups is 1. The van der Waals surface area contributed by atoms with Gasteiger partial charge in [0.2, 0.25) is 0 Å². The molecule has 0 radical (unpaired) electrons. The Labute approximate surface area is 114 Å². The fourth-order valence-electron chi connectivity index (χ4n) is 3.98. The topological polar surface area (TPSA) is 49.3 Å². The third kappa shape index (κ3) is 2.27. The Bertz CT molecular complexity index is 485. The number of benzene rings is 1. The van der Waals surface area contributed by atoms with Crippen LogP contribution < -0.4 is 5.32 Å². The van der Waals surface area contributed by atoms with E-state index in [0.29, 0.717) is 11.8 Å². The summed E-state index contributed by atoms with van der Waals surface area (Å²) >= 11 is 0. The van der Waals surface area contributed by atoms with Crippen molar-refractivity contribution in [3.63, 3.8) is 0 Å². The summed E-state index contributed by atoms with van der Waals surface area (Å²) < 4.78 is 0. The van der Waals surface area contributed by atoms with Gasteiger partial charge in [0.25, 0.3) is 0 Å².